The third-order valence-corrected chi connectivity index (χ3v) is 7.58. The maximum absolute atomic E-state index is 4.79. The van der Waals surface area contributed by atoms with Crippen molar-refractivity contribution >= 4 is 21.8 Å². The van der Waals surface area contributed by atoms with E-state index in [1.165, 1.54) is 27.5 Å². The number of aromatic nitrogens is 7. The van der Waals surface area contributed by atoms with Crippen LogP contribution in [-0.4, -0.2) is 34.5 Å². The van der Waals surface area contributed by atoms with E-state index in [2.05, 4.69) is 116 Å². The minimum atomic E-state index is 0.611. The van der Waals surface area contributed by atoms with Crippen LogP contribution in [0.2, 0.25) is 0 Å². The van der Waals surface area contributed by atoms with Gasteiger partial charge in [0.1, 0.15) is 23.3 Å². The second-order valence-electron chi connectivity index (χ2n) is 10.6. The average Bonchev–Trinajstić information content (AvgIpc) is 3.29. The molecule has 0 aliphatic carbocycles. The molecule has 3 aromatic heterocycles. The van der Waals surface area contributed by atoms with Crippen molar-refractivity contribution in [2.24, 2.45) is 0 Å². The predicted molar refractivity (Wildman–Crippen MR) is 168 cm³/mol. The van der Waals surface area contributed by atoms with Crippen LogP contribution in [0, 0.1) is 34.6 Å². The fourth-order valence-corrected chi connectivity index (χ4v) is 5.82. The number of rotatable bonds is 4. The highest BCUT2D eigenvalue weighted by Crippen LogP contribution is 2.38. The van der Waals surface area contributed by atoms with Crippen molar-refractivity contribution in [1.82, 2.24) is 34.5 Å². The minimum absolute atomic E-state index is 0.611. The van der Waals surface area contributed by atoms with E-state index in [0.717, 1.165) is 27.8 Å². The zero-order valence-electron chi connectivity index (χ0n) is 24.2. The lowest BCUT2D eigenvalue weighted by Crippen LogP contribution is -2.04. The normalized spacial score (nSPS) is 11.5. The highest BCUT2D eigenvalue weighted by Gasteiger charge is 2.20. The van der Waals surface area contributed by atoms with Gasteiger partial charge in [0.2, 0.25) is 0 Å². The van der Waals surface area contributed by atoms with Gasteiger partial charge >= 0.3 is 0 Å². The van der Waals surface area contributed by atoms with E-state index < -0.39 is 0 Å². The summed E-state index contributed by atoms with van der Waals surface area (Å²) in [6.45, 7) is 9.72. The Morgan fingerprint density at radius 1 is 0.452 bits per heavy atom. The Bertz CT molecular complexity index is 2120. The van der Waals surface area contributed by atoms with Gasteiger partial charge in [-0.3, -0.25) is 0 Å². The number of hydrogen-bond acceptors (Lipinski definition) is 6. The molecule has 0 N–H and O–H groups in total. The minimum Gasteiger partial charge on any atom is -0.308 e. The van der Waals surface area contributed by atoms with Crippen LogP contribution >= 0.6 is 0 Å². The van der Waals surface area contributed by atoms with Gasteiger partial charge in [0.05, 0.1) is 16.7 Å². The van der Waals surface area contributed by atoms with Crippen LogP contribution in [0.1, 0.15) is 28.9 Å². The van der Waals surface area contributed by atoms with Crippen molar-refractivity contribution in [2.75, 3.05) is 0 Å². The number of hydrogen-bond donors (Lipinski definition) is 0. The summed E-state index contributed by atoms with van der Waals surface area (Å²) in [6, 6.07) is 30.1. The maximum Gasteiger partial charge on any atom is 0.165 e. The van der Waals surface area contributed by atoms with Crippen LogP contribution < -0.4 is 0 Å². The van der Waals surface area contributed by atoms with Crippen LogP contribution in [0.4, 0.5) is 0 Å². The quantitative estimate of drug-likeness (QED) is 0.225. The van der Waals surface area contributed by atoms with Gasteiger partial charge in [0.15, 0.2) is 11.6 Å². The molecule has 7 heteroatoms. The Hall–Kier alpha value is -5.30. The molecule has 0 spiro atoms. The molecule has 4 aromatic carbocycles. The molecule has 0 aliphatic heterocycles. The Balaban J connectivity index is 1.56. The first-order valence-electron chi connectivity index (χ1n) is 14.0. The van der Waals surface area contributed by atoms with Crippen molar-refractivity contribution in [2.45, 2.75) is 34.6 Å². The molecule has 7 rings (SSSR count). The van der Waals surface area contributed by atoms with Gasteiger partial charge < -0.3 is 4.57 Å². The third kappa shape index (κ3) is 4.39. The largest absolute Gasteiger partial charge is 0.308 e. The number of aryl methyl sites for hydroxylation is 5. The van der Waals surface area contributed by atoms with E-state index in [-0.39, 0.29) is 0 Å². The molecule has 0 unspecified atom stereocenters. The van der Waals surface area contributed by atoms with Crippen LogP contribution in [0.3, 0.4) is 0 Å². The number of benzene rings is 4. The van der Waals surface area contributed by atoms with Crippen molar-refractivity contribution in [3.05, 3.63) is 114 Å². The van der Waals surface area contributed by atoms with Crippen LogP contribution in [0.25, 0.3) is 61.4 Å². The Morgan fingerprint density at radius 3 is 1.76 bits per heavy atom. The van der Waals surface area contributed by atoms with Gasteiger partial charge in [-0.05, 0) is 81.6 Å². The predicted octanol–water partition coefficient (Wildman–Crippen LogP) is 7.70. The highest BCUT2D eigenvalue weighted by atomic mass is 15.0. The monoisotopic (exact) mass is 547 g/mol. The third-order valence-electron chi connectivity index (χ3n) is 7.58. The van der Waals surface area contributed by atoms with E-state index in [9.17, 15) is 0 Å². The molecule has 0 fully saturated rings. The first-order valence-corrected chi connectivity index (χ1v) is 14.0. The summed E-state index contributed by atoms with van der Waals surface area (Å²) in [6.07, 6.45) is 0. The molecule has 204 valence electrons. The molecule has 0 atom stereocenters. The molecular formula is C35H29N7. The summed E-state index contributed by atoms with van der Waals surface area (Å²) in [5.74, 6) is 3.94. The molecule has 0 saturated heterocycles. The summed E-state index contributed by atoms with van der Waals surface area (Å²) in [5, 5.41) is 2.37. The van der Waals surface area contributed by atoms with Crippen LogP contribution in [0.5, 0.6) is 0 Å². The van der Waals surface area contributed by atoms with Gasteiger partial charge in [-0.25, -0.2) is 29.9 Å². The van der Waals surface area contributed by atoms with Crippen LogP contribution in [-0.2, 0) is 0 Å². The standard InChI is InChI=1S/C35H29N7/c1-20-10-6-7-11-27(20)25-14-16-29-28-12-8-9-13-31(28)42(33(29)19-25)32-17-15-26(34-38-21(2)36-22(3)39-34)18-30(32)35-40-23(4)37-24(5)41-35/h6-19H,1-5H3. The molecule has 7 aromatic rings. The van der Waals surface area contributed by atoms with Gasteiger partial charge in [-0.2, -0.15) is 0 Å². The van der Waals surface area contributed by atoms with Crippen molar-refractivity contribution < 1.29 is 0 Å². The number of fused-ring (bicyclic) bond motifs is 3. The summed E-state index contributed by atoms with van der Waals surface area (Å²) < 4.78 is 2.32. The number of para-hydroxylation sites is 1. The Labute approximate surface area is 244 Å². The Morgan fingerprint density at radius 2 is 1.05 bits per heavy atom. The van der Waals surface area contributed by atoms with Gasteiger partial charge in [-0.15, -0.1) is 0 Å². The van der Waals surface area contributed by atoms with Gasteiger partial charge in [0.25, 0.3) is 0 Å². The lowest BCUT2D eigenvalue weighted by molar-refractivity contribution is 0.924. The summed E-state index contributed by atoms with van der Waals surface area (Å²) in [5.41, 5.74) is 8.57. The molecule has 0 radical (unpaired) electrons. The van der Waals surface area contributed by atoms with Crippen molar-refractivity contribution in [3.63, 3.8) is 0 Å². The molecule has 0 amide bonds. The highest BCUT2D eigenvalue weighted by molar-refractivity contribution is 6.10. The van der Waals surface area contributed by atoms with Crippen molar-refractivity contribution in [3.8, 4) is 39.6 Å². The SMILES string of the molecule is Cc1nc(C)nc(-c2ccc(-n3c4ccccc4c4ccc(-c5ccccc5C)cc43)c(-c3nc(C)nc(C)n3)c2)n1. The second kappa shape index (κ2) is 9.96. The average molecular weight is 548 g/mol. The lowest BCUT2D eigenvalue weighted by atomic mass is 9.99. The Kier molecular flexibility index (Phi) is 6.08. The van der Waals surface area contributed by atoms with E-state index in [1.807, 2.05) is 27.7 Å². The topological polar surface area (TPSA) is 82.3 Å². The molecule has 0 bridgehead atoms. The number of nitrogens with zero attached hydrogens (tertiary/aromatic N) is 7. The zero-order valence-corrected chi connectivity index (χ0v) is 24.2. The molecular weight excluding hydrogens is 518 g/mol. The molecule has 3 heterocycles. The molecule has 0 saturated carbocycles. The van der Waals surface area contributed by atoms with Crippen molar-refractivity contribution in [1.29, 1.82) is 0 Å². The molecule has 0 aliphatic rings. The fourth-order valence-electron chi connectivity index (χ4n) is 5.82. The van der Waals surface area contributed by atoms with Gasteiger partial charge in [-0.1, -0.05) is 54.6 Å². The van der Waals surface area contributed by atoms with Crippen LogP contribution in [0.15, 0.2) is 84.9 Å². The van der Waals surface area contributed by atoms with E-state index in [0.29, 0.717) is 34.9 Å². The summed E-state index contributed by atoms with van der Waals surface area (Å²) in [7, 11) is 0. The van der Waals surface area contributed by atoms with E-state index in [4.69, 9.17) is 9.97 Å². The summed E-state index contributed by atoms with van der Waals surface area (Å²) in [4.78, 5) is 27.7. The smallest absolute Gasteiger partial charge is 0.165 e. The first kappa shape index (κ1) is 25.7. The maximum atomic E-state index is 4.79. The molecule has 42 heavy (non-hydrogen) atoms. The molecule has 7 nitrogen and oxygen atoms in total. The lowest BCUT2D eigenvalue weighted by Gasteiger charge is -2.16. The zero-order chi connectivity index (χ0) is 29.0. The first-order chi connectivity index (χ1) is 20.4. The van der Waals surface area contributed by atoms with E-state index in [1.54, 1.807) is 0 Å². The van der Waals surface area contributed by atoms with Gasteiger partial charge in [0, 0.05) is 21.9 Å². The second-order valence-corrected chi connectivity index (χ2v) is 10.6. The van der Waals surface area contributed by atoms with E-state index >= 15 is 0 Å². The fraction of sp³-hybridized carbons (Fsp3) is 0.143. The summed E-state index contributed by atoms with van der Waals surface area (Å²) >= 11 is 0.